The predicted octanol–water partition coefficient (Wildman–Crippen LogP) is 1.84. The van der Waals surface area contributed by atoms with Crippen LogP contribution in [0.4, 0.5) is 0 Å². The SMILES string of the molecule is CC1CCNCC1NC(=O)C1OCCc2ccccc21.Cl. The Morgan fingerprint density at radius 2 is 2.19 bits per heavy atom. The van der Waals surface area contributed by atoms with E-state index in [1.807, 2.05) is 18.2 Å². The van der Waals surface area contributed by atoms with E-state index in [9.17, 15) is 4.79 Å². The van der Waals surface area contributed by atoms with Crippen molar-refractivity contribution in [3.05, 3.63) is 35.4 Å². The van der Waals surface area contributed by atoms with Crippen LogP contribution in [0.2, 0.25) is 0 Å². The van der Waals surface area contributed by atoms with E-state index in [1.54, 1.807) is 0 Å². The smallest absolute Gasteiger partial charge is 0.254 e. The van der Waals surface area contributed by atoms with Crippen molar-refractivity contribution in [3.8, 4) is 0 Å². The molecule has 0 aromatic heterocycles. The van der Waals surface area contributed by atoms with Gasteiger partial charge in [-0.15, -0.1) is 12.4 Å². The Hall–Kier alpha value is -1.10. The highest BCUT2D eigenvalue weighted by Crippen LogP contribution is 2.27. The third-order valence-corrected chi connectivity index (χ3v) is 4.39. The van der Waals surface area contributed by atoms with E-state index >= 15 is 0 Å². The molecule has 0 saturated carbocycles. The summed E-state index contributed by atoms with van der Waals surface area (Å²) in [4.78, 5) is 12.5. The maximum absolute atomic E-state index is 12.5. The van der Waals surface area contributed by atoms with Crippen molar-refractivity contribution in [1.82, 2.24) is 10.6 Å². The van der Waals surface area contributed by atoms with Gasteiger partial charge in [0.25, 0.3) is 5.91 Å². The normalized spacial score (nSPS) is 28.1. The predicted molar refractivity (Wildman–Crippen MR) is 84.7 cm³/mol. The quantitative estimate of drug-likeness (QED) is 0.876. The molecule has 4 nitrogen and oxygen atoms in total. The Bertz CT molecular complexity index is 495. The molecule has 0 aliphatic carbocycles. The Morgan fingerprint density at radius 1 is 1.38 bits per heavy atom. The van der Waals surface area contributed by atoms with Crippen molar-refractivity contribution in [2.75, 3.05) is 19.7 Å². The number of rotatable bonds is 2. The lowest BCUT2D eigenvalue weighted by molar-refractivity contribution is -0.135. The Morgan fingerprint density at radius 3 is 3.00 bits per heavy atom. The minimum Gasteiger partial charge on any atom is -0.363 e. The van der Waals surface area contributed by atoms with Crippen molar-refractivity contribution < 1.29 is 9.53 Å². The maximum atomic E-state index is 12.5. The lowest BCUT2D eigenvalue weighted by Gasteiger charge is -2.32. The molecule has 1 aromatic rings. The summed E-state index contributed by atoms with van der Waals surface area (Å²) >= 11 is 0. The van der Waals surface area contributed by atoms with E-state index in [0.717, 1.165) is 31.5 Å². The van der Waals surface area contributed by atoms with Crippen LogP contribution in [0.3, 0.4) is 0 Å². The van der Waals surface area contributed by atoms with E-state index in [2.05, 4.69) is 23.6 Å². The number of piperidine rings is 1. The number of hydrogen-bond donors (Lipinski definition) is 2. The van der Waals surface area contributed by atoms with Crippen molar-refractivity contribution in [1.29, 1.82) is 0 Å². The van der Waals surface area contributed by atoms with Gasteiger partial charge in [-0.3, -0.25) is 4.79 Å². The van der Waals surface area contributed by atoms with Crippen LogP contribution in [0.5, 0.6) is 0 Å². The number of halogens is 1. The van der Waals surface area contributed by atoms with Gasteiger partial charge in [0.1, 0.15) is 0 Å². The molecule has 1 saturated heterocycles. The van der Waals surface area contributed by atoms with Gasteiger partial charge >= 0.3 is 0 Å². The molecule has 3 unspecified atom stereocenters. The van der Waals surface area contributed by atoms with Crippen LogP contribution in [0.15, 0.2) is 24.3 Å². The molecule has 21 heavy (non-hydrogen) atoms. The van der Waals surface area contributed by atoms with Crippen LogP contribution in [0.25, 0.3) is 0 Å². The third-order valence-electron chi connectivity index (χ3n) is 4.39. The first-order chi connectivity index (χ1) is 9.75. The number of carbonyl (C=O) groups is 1. The summed E-state index contributed by atoms with van der Waals surface area (Å²) in [5.41, 5.74) is 2.25. The summed E-state index contributed by atoms with van der Waals surface area (Å²) in [5, 5.41) is 6.49. The molecule has 0 spiro atoms. The molecule has 3 atom stereocenters. The highest BCUT2D eigenvalue weighted by Gasteiger charge is 2.30. The van der Waals surface area contributed by atoms with Crippen LogP contribution >= 0.6 is 12.4 Å². The van der Waals surface area contributed by atoms with Gasteiger partial charge < -0.3 is 15.4 Å². The molecule has 1 amide bonds. The van der Waals surface area contributed by atoms with Gasteiger partial charge in [0, 0.05) is 12.6 Å². The number of fused-ring (bicyclic) bond motifs is 1. The van der Waals surface area contributed by atoms with Gasteiger partial charge in [-0.05, 0) is 36.4 Å². The molecule has 3 rings (SSSR count). The molecule has 0 bridgehead atoms. The third kappa shape index (κ3) is 3.57. The molecule has 2 heterocycles. The number of nitrogens with one attached hydrogen (secondary N) is 2. The standard InChI is InChI=1S/C16H22N2O2.ClH/c1-11-6-8-17-10-14(11)18-16(19)15-13-5-3-2-4-12(13)7-9-20-15;/h2-5,11,14-15,17H,6-10H2,1H3,(H,18,19);1H. The van der Waals surface area contributed by atoms with E-state index < -0.39 is 6.10 Å². The second kappa shape index (κ2) is 7.25. The van der Waals surface area contributed by atoms with Gasteiger partial charge in [-0.2, -0.15) is 0 Å². The van der Waals surface area contributed by atoms with Crippen molar-refractivity contribution in [2.45, 2.75) is 31.9 Å². The summed E-state index contributed by atoms with van der Waals surface area (Å²) in [6.45, 7) is 4.70. The fourth-order valence-corrected chi connectivity index (χ4v) is 3.05. The fraction of sp³-hybridized carbons (Fsp3) is 0.562. The zero-order valence-electron chi connectivity index (χ0n) is 12.3. The van der Waals surface area contributed by atoms with Gasteiger partial charge in [0.05, 0.1) is 6.61 Å². The molecular weight excluding hydrogens is 288 g/mol. The van der Waals surface area contributed by atoms with Crippen molar-refractivity contribution >= 4 is 18.3 Å². The molecule has 116 valence electrons. The summed E-state index contributed by atoms with van der Waals surface area (Å²) in [7, 11) is 0. The fourth-order valence-electron chi connectivity index (χ4n) is 3.05. The van der Waals surface area contributed by atoms with E-state index in [1.165, 1.54) is 5.56 Å². The lowest BCUT2D eigenvalue weighted by Crippen LogP contribution is -2.51. The highest BCUT2D eigenvalue weighted by molar-refractivity contribution is 5.85. The molecule has 2 aliphatic rings. The van der Waals surface area contributed by atoms with Crippen LogP contribution < -0.4 is 10.6 Å². The average Bonchev–Trinajstić information content (AvgIpc) is 2.49. The first kappa shape index (κ1) is 16.3. The zero-order valence-corrected chi connectivity index (χ0v) is 13.1. The molecule has 0 radical (unpaired) electrons. The number of benzene rings is 1. The second-order valence-electron chi connectivity index (χ2n) is 5.78. The van der Waals surface area contributed by atoms with Crippen LogP contribution in [0.1, 0.15) is 30.6 Å². The average molecular weight is 311 g/mol. The van der Waals surface area contributed by atoms with Gasteiger partial charge in [-0.1, -0.05) is 31.2 Å². The zero-order chi connectivity index (χ0) is 13.9. The molecule has 2 aliphatic heterocycles. The Kier molecular flexibility index (Phi) is 5.62. The first-order valence-corrected chi connectivity index (χ1v) is 7.46. The second-order valence-corrected chi connectivity index (χ2v) is 5.78. The van der Waals surface area contributed by atoms with Crippen LogP contribution in [0, 0.1) is 5.92 Å². The van der Waals surface area contributed by atoms with Gasteiger partial charge in [0.2, 0.25) is 0 Å². The van der Waals surface area contributed by atoms with Gasteiger partial charge in [-0.25, -0.2) is 0 Å². The highest BCUT2D eigenvalue weighted by atomic mass is 35.5. The van der Waals surface area contributed by atoms with Gasteiger partial charge in [0.15, 0.2) is 6.10 Å². The minimum atomic E-state index is -0.450. The Balaban J connectivity index is 0.00000161. The molecular formula is C16H23ClN2O2. The number of ether oxygens (including phenoxy) is 1. The lowest BCUT2D eigenvalue weighted by atomic mass is 9.93. The number of carbonyl (C=O) groups excluding carboxylic acids is 1. The topological polar surface area (TPSA) is 50.4 Å². The first-order valence-electron chi connectivity index (χ1n) is 7.46. The minimum absolute atomic E-state index is 0. The summed E-state index contributed by atoms with van der Waals surface area (Å²) < 4.78 is 5.71. The molecule has 5 heteroatoms. The summed E-state index contributed by atoms with van der Waals surface area (Å²) in [6, 6.07) is 8.28. The molecule has 1 fully saturated rings. The van der Waals surface area contributed by atoms with Crippen LogP contribution in [-0.4, -0.2) is 31.6 Å². The summed E-state index contributed by atoms with van der Waals surface area (Å²) in [5.74, 6) is 0.511. The molecule has 1 aromatic carbocycles. The monoisotopic (exact) mass is 310 g/mol. The van der Waals surface area contributed by atoms with Crippen LogP contribution in [-0.2, 0) is 16.0 Å². The van der Waals surface area contributed by atoms with E-state index in [0.29, 0.717) is 12.5 Å². The van der Waals surface area contributed by atoms with E-state index in [-0.39, 0.29) is 24.4 Å². The Labute approximate surface area is 132 Å². The number of hydrogen-bond acceptors (Lipinski definition) is 3. The molecule has 2 N–H and O–H groups in total. The number of amides is 1. The van der Waals surface area contributed by atoms with Crippen molar-refractivity contribution in [3.63, 3.8) is 0 Å². The van der Waals surface area contributed by atoms with Crippen molar-refractivity contribution in [2.24, 2.45) is 5.92 Å². The maximum Gasteiger partial charge on any atom is 0.254 e. The summed E-state index contributed by atoms with van der Waals surface area (Å²) in [6.07, 6.45) is 1.54. The van der Waals surface area contributed by atoms with E-state index in [4.69, 9.17) is 4.74 Å². The largest absolute Gasteiger partial charge is 0.363 e.